The lowest BCUT2D eigenvalue weighted by Crippen LogP contribution is -1.99. The number of hydrogen-bond donors (Lipinski definition) is 0. The van der Waals surface area contributed by atoms with Gasteiger partial charge in [0.1, 0.15) is 17.5 Å². The highest BCUT2D eigenvalue weighted by atomic mass is 19.1. The van der Waals surface area contributed by atoms with Crippen LogP contribution in [0.15, 0.2) is 48.5 Å². The van der Waals surface area contributed by atoms with Crippen molar-refractivity contribution in [3.8, 4) is 0 Å². The lowest BCUT2D eigenvalue weighted by atomic mass is 10.1. The molecule has 19 heavy (non-hydrogen) atoms. The topological polar surface area (TPSA) is 17.1 Å². The van der Waals surface area contributed by atoms with Crippen LogP contribution in [0.3, 0.4) is 0 Å². The fourth-order valence-corrected chi connectivity index (χ4v) is 1.52. The third-order valence-corrected chi connectivity index (χ3v) is 2.49. The van der Waals surface area contributed by atoms with Gasteiger partial charge >= 0.3 is 0 Å². The Morgan fingerprint density at radius 1 is 0.895 bits per heavy atom. The van der Waals surface area contributed by atoms with Gasteiger partial charge in [0.2, 0.25) is 0 Å². The van der Waals surface area contributed by atoms with E-state index in [1.54, 1.807) is 0 Å². The molecule has 0 amide bonds. The predicted molar refractivity (Wildman–Crippen MR) is 66.1 cm³/mol. The predicted octanol–water partition coefficient (Wildman–Crippen LogP) is 4.00. The monoisotopic (exact) mass is 262 g/mol. The number of halogens is 3. The normalized spacial score (nSPS) is 10.9. The summed E-state index contributed by atoms with van der Waals surface area (Å²) in [5.74, 6) is -2.61. The molecule has 0 aliphatic heterocycles. The maximum absolute atomic E-state index is 13.3. The summed E-state index contributed by atoms with van der Waals surface area (Å²) in [7, 11) is 0. The van der Waals surface area contributed by atoms with E-state index in [1.807, 2.05) is 0 Å². The first-order valence-electron chi connectivity index (χ1n) is 5.49. The third-order valence-electron chi connectivity index (χ3n) is 2.49. The van der Waals surface area contributed by atoms with Gasteiger partial charge in [-0.1, -0.05) is 18.2 Å². The Kier molecular flexibility index (Phi) is 3.80. The van der Waals surface area contributed by atoms with Crippen molar-refractivity contribution in [2.75, 3.05) is 0 Å². The number of hydrogen-bond acceptors (Lipinski definition) is 1. The summed E-state index contributed by atoms with van der Waals surface area (Å²) in [6, 6.07) is 8.23. The average Bonchev–Trinajstić information content (AvgIpc) is 2.37. The molecule has 0 saturated carbocycles. The van der Waals surface area contributed by atoms with E-state index < -0.39 is 17.4 Å². The number of allylic oxidation sites excluding steroid dienone is 1. The van der Waals surface area contributed by atoms with Gasteiger partial charge in [0.15, 0.2) is 5.78 Å². The SMILES string of the molecule is O=C(/C=C/c1ccc(F)cc1)c1ccc(F)cc1F. The molecule has 0 heterocycles. The van der Waals surface area contributed by atoms with Crippen LogP contribution >= 0.6 is 0 Å². The van der Waals surface area contributed by atoms with Crippen molar-refractivity contribution in [2.24, 2.45) is 0 Å². The quantitative estimate of drug-likeness (QED) is 0.603. The lowest BCUT2D eigenvalue weighted by Gasteiger charge is -1.98. The van der Waals surface area contributed by atoms with Gasteiger partial charge in [0.05, 0.1) is 5.56 Å². The van der Waals surface area contributed by atoms with Crippen LogP contribution in [-0.2, 0) is 0 Å². The minimum atomic E-state index is -0.909. The van der Waals surface area contributed by atoms with Crippen LogP contribution in [0.4, 0.5) is 13.2 Å². The first kappa shape index (κ1) is 13.1. The number of carbonyl (C=O) groups is 1. The zero-order valence-electron chi connectivity index (χ0n) is 9.74. The molecular weight excluding hydrogens is 253 g/mol. The molecular formula is C15H9F3O. The second-order valence-electron chi connectivity index (χ2n) is 3.87. The van der Waals surface area contributed by atoms with Crippen LogP contribution in [0, 0.1) is 17.5 Å². The largest absolute Gasteiger partial charge is 0.289 e. The van der Waals surface area contributed by atoms with Crippen LogP contribution < -0.4 is 0 Å². The Hall–Kier alpha value is -2.36. The fraction of sp³-hybridized carbons (Fsp3) is 0. The molecule has 0 fully saturated rings. The van der Waals surface area contributed by atoms with Gasteiger partial charge in [0.25, 0.3) is 0 Å². The van der Waals surface area contributed by atoms with Gasteiger partial charge in [0, 0.05) is 6.07 Å². The molecule has 0 atom stereocenters. The van der Waals surface area contributed by atoms with Crippen molar-refractivity contribution < 1.29 is 18.0 Å². The number of rotatable bonds is 3. The van der Waals surface area contributed by atoms with Gasteiger partial charge in [-0.15, -0.1) is 0 Å². The molecule has 2 aromatic carbocycles. The lowest BCUT2D eigenvalue weighted by molar-refractivity contribution is 0.104. The highest BCUT2D eigenvalue weighted by Gasteiger charge is 2.09. The average molecular weight is 262 g/mol. The standard InChI is InChI=1S/C15H9F3O/c16-11-4-1-10(2-5-11)3-8-15(19)13-7-6-12(17)9-14(13)18/h1-9H/b8-3+. The highest BCUT2D eigenvalue weighted by Crippen LogP contribution is 2.12. The Morgan fingerprint density at radius 2 is 1.53 bits per heavy atom. The number of benzene rings is 2. The Balaban J connectivity index is 2.18. The molecule has 4 heteroatoms. The fourth-order valence-electron chi connectivity index (χ4n) is 1.52. The van der Waals surface area contributed by atoms with Crippen molar-refractivity contribution in [1.82, 2.24) is 0 Å². The molecule has 0 aromatic heterocycles. The second kappa shape index (κ2) is 5.52. The smallest absolute Gasteiger partial charge is 0.188 e. The number of carbonyl (C=O) groups excluding carboxylic acids is 1. The van der Waals surface area contributed by atoms with Crippen LogP contribution in [0.25, 0.3) is 6.08 Å². The minimum Gasteiger partial charge on any atom is -0.289 e. The molecule has 0 bridgehead atoms. The summed E-state index contributed by atoms with van der Waals surface area (Å²) in [6.07, 6.45) is 2.59. The number of ketones is 1. The van der Waals surface area contributed by atoms with Crippen molar-refractivity contribution in [3.63, 3.8) is 0 Å². The summed E-state index contributed by atoms with van der Waals surface area (Å²) in [4.78, 5) is 11.7. The van der Waals surface area contributed by atoms with Crippen LogP contribution in [0.2, 0.25) is 0 Å². The summed E-state index contributed by atoms with van der Waals surface area (Å²) in [5, 5.41) is 0. The minimum absolute atomic E-state index is 0.209. The Morgan fingerprint density at radius 3 is 2.16 bits per heavy atom. The third kappa shape index (κ3) is 3.31. The first-order valence-corrected chi connectivity index (χ1v) is 5.49. The maximum atomic E-state index is 13.3. The van der Waals surface area contributed by atoms with Crippen molar-refractivity contribution in [3.05, 3.63) is 77.1 Å². The Labute approximate surface area is 108 Å². The van der Waals surface area contributed by atoms with E-state index in [-0.39, 0.29) is 11.4 Å². The summed E-state index contributed by atoms with van der Waals surface area (Å²) >= 11 is 0. The first-order chi connectivity index (χ1) is 9.06. The van der Waals surface area contributed by atoms with Gasteiger partial charge < -0.3 is 0 Å². The van der Waals surface area contributed by atoms with E-state index in [0.29, 0.717) is 11.6 Å². The maximum Gasteiger partial charge on any atom is 0.188 e. The van der Waals surface area contributed by atoms with E-state index >= 15 is 0 Å². The van der Waals surface area contributed by atoms with Crippen molar-refractivity contribution in [2.45, 2.75) is 0 Å². The van der Waals surface area contributed by atoms with Gasteiger partial charge in [-0.3, -0.25) is 4.79 Å². The highest BCUT2D eigenvalue weighted by molar-refractivity contribution is 6.06. The summed E-state index contributed by atoms with van der Waals surface area (Å²) in [6.45, 7) is 0. The summed E-state index contributed by atoms with van der Waals surface area (Å²) in [5.41, 5.74) is 0.400. The zero-order chi connectivity index (χ0) is 13.8. The molecule has 0 radical (unpaired) electrons. The molecule has 2 rings (SSSR count). The van der Waals surface area contributed by atoms with E-state index in [2.05, 4.69) is 0 Å². The molecule has 0 spiro atoms. The molecule has 2 aromatic rings. The molecule has 0 saturated heterocycles. The molecule has 0 N–H and O–H groups in total. The van der Waals surface area contributed by atoms with E-state index in [4.69, 9.17) is 0 Å². The molecule has 0 aliphatic carbocycles. The van der Waals surface area contributed by atoms with Crippen molar-refractivity contribution >= 4 is 11.9 Å². The zero-order valence-corrected chi connectivity index (χ0v) is 9.74. The second-order valence-corrected chi connectivity index (χ2v) is 3.87. The van der Waals surface area contributed by atoms with Gasteiger partial charge in [-0.05, 0) is 35.9 Å². The molecule has 1 nitrogen and oxygen atoms in total. The van der Waals surface area contributed by atoms with Crippen molar-refractivity contribution in [1.29, 1.82) is 0 Å². The van der Waals surface area contributed by atoms with Gasteiger partial charge in [-0.2, -0.15) is 0 Å². The van der Waals surface area contributed by atoms with E-state index in [1.165, 1.54) is 30.3 Å². The molecule has 96 valence electrons. The van der Waals surface area contributed by atoms with Crippen LogP contribution in [0.5, 0.6) is 0 Å². The molecule has 0 unspecified atom stereocenters. The van der Waals surface area contributed by atoms with E-state index in [9.17, 15) is 18.0 Å². The van der Waals surface area contributed by atoms with Gasteiger partial charge in [-0.25, -0.2) is 13.2 Å². The summed E-state index contributed by atoms with van der Waals surface area (Å²) < 4.78 is 38.7. The van der Waals surface area contributed by atoms with E-state index in [0.717, 1.165) is 18.2 Å². The van der Waals surface area contributed by atoms with Crippen LogP contribution in [0.1, 0.15) is 15.9 Å². The molecule has 0 aliphatic rings. The van der Waals surface area contributed by atoms with Crippen LogP contribution in [-0.4, -0.2) is 5.78 Å². The Bertz CT molecular complexity index is 630.